The molecule has 0 N–H and O–H groups in total. The SMILES string of the molecule is CC(C)C(OC(C)(C)C)(OC(C)(C)C)OC(C)(C)C. The molecule has 0 aromatic heterocycles. The summed E-state index contributed by atoms with van der Waals surface area (Å²) in [6, 6.07) is 0. The Morgan fingerprint density at radius 1 is 0.526 bits per heavy atom. The van der Waals surface area contributed by atoms with Crippen LogP contribution in [0.15, 0.2) is 0 Å². The Balaban J connectivity index is 5.48. The van der Waals surface area contributed by atoms with Gasteiger partial charge in [-0.3, -0.25) is 0 Å². The highest BCUT2D eigenvalue weighted by atomic mass is 16.9. The lowest BCUT2D eigenvalue weighted by atomic mass is 10.1. The minimum atomic E-state index is -1.05. The molecule has 0 saturated heterocycles. The lowest BCUT2D eigenvalue weighted by Crippen LogP contribution is -2.55. The summed E-state index contributed by atoms with van der Waals surface area (Å²) in [4.78, 5) is 0. The quantitative estimate of drug-likeness (QED) is 0.693. The van der Waals surface area contributed by atoms with E-state index in [0.717, 1.165) is 0 Å². The zero-order valence-electron chi connectivity index (χ0n) is 14.8. The van der Waals surface area contributed by atoms with Crippen LogP contribution in [-0.2, 0) is 14.2 Å². The van der Waals surface area contributed by atoms with Crippen molar-refractivity contribution in [2.45, 2.75) is 98.9 Å². The summed E-state index contributed by atoms with van der Waals surface area (Å²) in [7, 11) is 0. The zero-order valence-corrected chi connectivity index (χ0v) is 14.8. The first-order chi connectivity index (χ1) is 8.06. The van der Waals surface area contributed by atoms with Gasteiger partial charge in [0, 0.05) is 5.92 Å². The van der Waals surface area contributed by atoms with E-state index in [1.165, 1.54) is 0 Å². The van der Waals surface area contributed by atoms with Crippen molar-refractivity contribution in [2.24, 2.45) is 5.92 Å². The first-order valence-corrected chi connectivity index (χ1v) is 7.17. The third-order valence-electron chi connectivity index (χ3n) is 2.05. The van der Waals surface area contributed by atoms with Crippen molar-refractivity contribution >= 4 is 0 Å². The normalized spacial score (nSPS) is 15.2. The molecule has 0 aromatic carbocycles. The average molecular weight is 274 g/mol. The van der Waals surface area contributed by atoms with Crippen LogP contribution in [0.1, 0.15) is 76.2 Å². The van der Waals surface area contributed by atoms with Gasteiger partial charge in [-0.15, -0.1) is 0 Å². The van der Waals surface area contributed by atoms with Crippen LogP contribution in [0.25, 0.3) is 0 Å². The van der Waals surface area contributed by atoms with E-state index in [-0.39, 0.29) is 22.7 Å². The second kappa shape index (κ2) is 5.71. The Bertz CT molecular complexity index is 233. The third kappa shape index (κ3) is 7.91. The van der Waals surface area contributed by atoms with E-state index in [9.17, 15) is 0 Å². The molecule has 0 aromatic rings. The fourth-order valence-electron chi connectivity index (χ4n) is 1.70. The molecule has 0 bridgehead atoms. The summed E-state index contributed by atoms with van der Waals surface area (Å²) in [5.74, 6) is -0.973. The molecule has 0 atom stereocenters. The van der Waals surface area contributed by atoms with Gasteiger partial charge in [-0.25, -0.2) is 0 Å². The van der Waals surface area contributed by atoms with Gasteiger partial charge in [-0.1, -0.05) is 13.8 Å². The maximum absolute atomic E-state index is 6.19. The molecule has 3 heteroatoms. The van der Waals surface area contributed by atoms with E-state index in [4.69, 9.17) is 14.2 Å². The summed E-state index contributed by atoms with van der Waals surface area (Å²) in [6.45, 7) is 22.3. The van der Waals surface area contributed by atoms with Crippen molar-refractivity contribution in [1.29, 1.82) is 0 Å². The van der Waals surface area contributed by atoms with Gasteiger partial charge in [-0.05, 0) is 62.3 Å². The van der Waals surface area contributed by atoms with Crippen molar-refractivity contribution in [3.63, 3.8) is 0 Å². The molecular formula is C16H34O3. The summed E-state index contributed by atoms with van der Waals surface area (Å²) in [5, 5.41) is 0. The highest BCUT2D eigenvalue weighted by Crippen LogP contribution is 2.37. The van der Waals surface area contributed by atoms with Crippen LogP contribution < -0.4 is 0 Å². The Kier molecular flexibility index (Phi) is 5.67. The Morgan fingerprint density at radius 2 is 0.737 bits per heavy atom. The van der Waals surface area contributed by atoms with Crippen LogP contribution in [-0.4, -0.2) is 22.8 Å². The second-order valence-electron chi connectivity index (χ2n) is 8.40. The van der Waals surface area contributed by atoms with Crippen molar-refractivity contribution in [3.8, 4) is 0 Å². The molecular weight excluding hydrogens is 240 g/mol. The fourth-order valence-corrected chi connectivity index (χ4v) is 1.70. The molecule has 0 saturated carbocycles. The first-order valence-electron chi connectivity index (χ1n) is 7.17. The van der Waals surface area contributed by atoms with Crippen molar-refractivity contribution in [1.82, 2.24) is 0 Å². The molecule has 0 unspecified atom stereocenters. The average Bonchev–Trinajstić information content (AvgIpc) is 1.91. The predicted molar refractivity (Wildman–Crippen MR) is 80.1 cm³/mol. The number of hydrogen-bond donors (Lipinski definition) is 0. The maximum Gasteiger partial charge on any atom is 0.286 e. The third-order valence-corrected chi connectivity index (χ3v) is 2.05. The predicted octanol–water partition coefficient (Wildman–Crippen LogP) is 4.74. The topological polar surface area (TPSA) is 27.7 Å². The molecule has 19 heavy (non-hydrogen) atoms. The van der Waals surface area contributed by atoms with Gasteiger partial charge in [0.15, 0.2) is 0 Å². The lowest BCUT2D eigenvalue weighted by molar-refractivity contribution is -0.463. The van der Waals surface area contributed by atoms with Gasteiger partial charge in [0.25, 0.3) is 5.97 Å². The fraction of sp³-hybridized carbons (Fsp3) is 1.00. The largest absolute Gasteiger partial charge is 0.321 e. The van der Waals surface area contributed by atoms with Crippen molar-refractivity contribution < 1.29 is 14.2 Å². The minimum absolute atomic E-state index is 0.0742. The molecule has 0 spiro atoms. The molecule has 0 amide bonds. The highest BCUT2D eigenvalue weighted by molar-refractivity contribution is 4.77. The first kappa shape index (κ1) is 18.9. The maximum atomic E-state index is 6.19. The summed E-state index contributed by atoms with van der Waals surface area (Å²) >= 11 is 0. The van der Waals surface area contributed by atoms with E-state index in [2.05, 4.69) is 13.8 Å². The number of hydrogen-bond acceptors (Lipinski definition) is 3. The van der Waals surface area contributed by atoms with Gasteiger partial charge in [0.2, 0.25) is 0 Å². The highest BCUT2D eigenvalue weighted by Gasteiger charge is 2.47. The smallest absolute Gasteiger partial charge is 0.286 e. The van der Waals surface area contributed by atoms with Crippen LogP contribution in [0.4, 0.5) is 0 Å². The lowest BCUT2D eigenvalue weighted by Gasteiger charge is -2.47. The molecule has 0 aliphatic carbocycles. The Hall–Kier alpha value is -0.120. The minimum Gasteiger partial charge on any atom is -0.321 e. The van der Waals surface area contributed by atoms with E-state index < -0.39 is 5.97 Å². The van der Waals surface area contributed by atoms with Gasteiger partial charge < -0.3 is 14.2 Å². The van der Waals surface area contributed by atoms with Crippen LogP contribution in [0.5, 0.6) is 0 Å². The monoisotopic (exact) mass is 274 g/mol. The Labute approximate surface area is 120 Å². The van der Waals surface area contributed by atoms with Gasteiger partial charge in [0.1, 0.15) is 0 Å². The molecule has 3 nitrogen and oxygen atoms in total. The molecule has 116 valence electrons. The molecule has 0 radical (unpaired) electrons. The van der Waals surface area contributed by atoms with E-state index >= 15 is 0 Å². The Morgan fingerprint density at radius 3 is 0.842 bits per heavy atom. The van der Waals surface area contributed by atoms with Crippen LogP contribution in [0.3, 0.4) is 0 Å². The van der Waals surface area contributed by atoms with Crippen LogP contribution in [0.2, 0.25) is 0 Å². The zero-order chi connectivity index (χ0) is 15.7. The van der Waals surface area contributed by atoms with E-state index in [1.807, 2.05) is 62.3 Å². The number of rotatable bonds is 4. The van der Waals surface area contributed by atoms with Crippen molar-refractivity contribution in [3.05, 3.63) is 0 Å². The van der Waals surface area contributed by atoms with Crippen LogP contribution >= 0.6 is 0 Å². The van der Waals surface area contributed by atoms with E-state index in [1.54, 1.807) is 0 Å². The van der Waals surface area contributed by atoms with Gasteiger partial charge in [-0.2, -0.15) is 0 Å². The van der Waals surface area contributed by atoms with E-state index in [0.29, 0.717) is 0 Å². The van der Waals surface area contributed by atoms with Crippen molar-refractivity contribution in [2.75, 3.05) is 0 Å². The molecule has 0 rings (SSSR count). The molecule has 0 heterocycles. The van der Waals surface area contributed by atoms with Crippen LogP contribution in [0, 0.1) is 5.92 Å². The summed E-state index contributed by atoms with van der Waals surface area (Å²) in [5.41, 5.74) is -1.04. The molecule has 0 aliphatic rings. The summed E-state index contributed by atoms with van der Waals surface area (Å²) < 4.78 is 18.6. The molecule has 0 aliphatic heterocycles. The molecule has 0 fully saturated rings. The standard InChI is InChI=1S/C16H34O3/c1-12(2)16(17-13(3,4)5,18-14(6,7)8)19-15(9,10)11/h12H,1-11H3. The second-order valence-corrected chi connectivity index (χ2v) is 8.40. The number of ether oxygens (including phenoxy) is 3. The van der Waals surface area contributed by atoms with Gasteiger partial charge in [0.05, 0.1) is 16.8 Å². The summed E-state index contributed by atoms with van der Waals surface area (Å²) in [6.07, 6.45) is 0. The van der Waals surface area contributed by atoms with Gasteiger partial charge >= 0.3 is 0 Å².